The molecule has 0 aliphatic carbocycles. The number of ether oxygens (including phenoxy) is 3. The molecule has 0 unspecified atom stereocenters. The van der Waals surface area contributed by atoms with Gasteiger partial charge in [0, 0.05) is 10.9 Å². The van der Waals surface area contributed by atoms with Crippen molar-refractivity contribution in [3.05, 3.63) is 50.2 Å². The van der Waals surface area contributed by atoms with Crippen molar-refractivity contribution in [3.8, 4) is 11.5 Å². The lowest BCUT2D eigenvalue weighted by molar-refractivity contribution is -0.385. The number of hydrogen-bond donors (Lipinski definition) is 1. The van der Waals surface area contributed by atoms with E-state index < -0.39 is 28.6 Å². The Labute approximate surface area is 159 Å². The third-order valence-corrected chi connectivity index (χ3v) is 4.46. The highest BCUT2D eigenvalue weighted by molar-refractivity contribution is 7.09. The number of thiophene rings is 1. The third-order valence-electron chi connectivity index (χ3n) is 3.59. The Hall–Kier alpha value is -3.14. The fraction of sp³-hybridized carbons (Fsp3) is 0.294. The number of hydrogen-bond acceptors (Lipinski definition) is 8. The summed E-state index contributed by atoms with van der Waals surface area (Å²) in [5, 5.41) is 15.8. The van der Waals surface area contributed by atoms with E-state index in [1.165, 1.54) is 32.5 Å². The molecule has 0 fully saturated rings. The Morgan fingerprint density at radius 1 is 1.26 bits per heavy atom. The Bertz CT molecular complexity index is 836. The van der Waals surface area contributed by atoms with Crippen LogP contribution >= 0.6 is 11.3 Å². The fourth-order valence-corrected chi connectivity index (χ4v) is 2.84. The van der Waals surface area contributed by atoms with Crippen LogP contribution < -0.4 is 14.8 Å². The van der Waals surface area contributed by atoms with Crippen molar-refractivity contribution in [1.29, 1.82) is 0 Å². The predicted octanol–water partition coefficient (Wildman–Crippen LogP) is 2.54. The van der Waals surface area contributed by atoms with Gasteiger partial charge in [-0.2, -0.15) is 0 Å². The molecule has 0 radical (unpaired) electrons. The summed E-state index contributed by atoms with van der Waals surface area (Å²) in [5.74, 6) is -1.30. The van der Waals surface area contributed by atoms with Gasteiger partial charge in [-0.05, 0) is 18.4 Å². The van der Waals surface area contributed by atoms with Gasteiger partial charge in [0.05, 0.1) is 31.8 Å². The topological polar surface area (TPSA) is 117 Å². The lowest BCUT2D eigenvalue weighted by atomic mass is 10.1. The molecule has 2 rings (SSSR count). The van der Waals surface area contributed by atoms with Crippen molar-refractivity contribution >= 4 is 28.9 Å². The number of esters is 1. The molecule has 10 heteroatoms. The SMILES string of the molecule is COc1cc(C(=O)O[C@H](C)C(=O)NCc2cccs2)c([N+](=O)[O-])cc1OC. The number of nitrogens with zero attached hydrogens (tertiary/aromatic N) is 1. The Morgan fingerprint density at radius 3 is 2.48 bits per heavy atom. The van der Waals surface area contributed by atoms with Crippen LogP contribution in [0.15, 0.2) is 29.6 Å². The van der Waals surface area contributed by atoms with Crippen molar-refractivity contribution < 1.29 is 28.7 Å². The van der Waals surface area contributed by atoms with E-state index in [0.717, 1.165) is 17.0 Å². The van der Waals surface area contributed by atoms with E-state index in [9.17, 15) is 19.7 Å². The van der Waals surface area contributed by atoms with Crippen molar-refractivity contribution in [3.63, 3.8) is 0 Å². The van der Waals surface area contributed by atoms with Crippen LogP contribution in [-0.2, 0) is 16.1 Å². The van der Waals surface area contributed by atoms with Crippen molar-refractivity contribution in [2.45, 2.75) is 19.6 Å². The zero-order chi connectivity index (χ0) is 20.0. The molecule has 1 N–H and O–H groups in total. The molecule has 27 heavy (non-hydrogen) atoms. The van der Waals surface area contributed by atoms with Gasteiger partial charge >= 0.3 is 5.97 Å². The summed E-state index contributed by atoms with van der Waals surface area (Å²) in [6, 6.07) is 5.92. The molecule has 1 atom stereocenters. The first-order valence-corrected chi connectivity index (χ1v) is 8.66. The standard InChI is InChI=1S/C17H18N2O7S/c1-10(16(20)18-9-11-5-4-6-27-11)26-17(21)12-7-14(24-2)15(25-3)8-13(12)19(22)23/h4-8,10H,9H2,1-3H3,(H,18,20)/t10-/m1/s1. The van der Waals surface area contributed by atoms with Crippen molar-refractivity contribution in [2.75, 3.05) is 14.2 Å². The number of benzene rings is 1. The van der Waals surface area contributed by atoms with Crippen molar-refractivity contribution in [1.82, 2.24) is 5.32 Å². The van der Waals surface area contributed by atoms with Crippen LogP contribution in [0.4, 0.5) is 5.69 Å². The number of nitrogens with one attached hydrogen (secondary N) is 1. The monoisotopic (exact) mass is 394 g/mol. The minimum Gasteiger partial charge on any atom is -0.493 e. The molecule has 0 saturated carbocycles. The van der Waals surface area contributed by atoms with Gasteiger partial charge in [-0.1, -0.05) is 6.07 Å². The average Bonchev–Trinajstić information content (AvgIpc) is 3.18. The molecule has 0 bridgehead atoms. The first kappa shape index (κ1) is 20.2. The average molecular weight is 394 g/mol. The van der Waals surface area contributed by atoms with Crippen LogP contribution in [0.1, 0.15) is 22.2 Å². The normalized spacial score (nSPS) is 11.4. The lowest BCUT2D eigenvalue weighted by Crippen LogP contribution is -2.35. The largest absolute Gasteiger partial charge is 0.493 e. The van der Waals surface area contributed by atoms with Crippen LogP contribution in [-0.4, -0.2) is 37.1 Å². The lowest BCUT2D eigenvalue weighted by Gasteiger charge is -2.14. The van der Waals surface area contributed by atoms with Gasteiger partial charge in [-0.25, -0.2) is 4.79 Å². The molecule has 0 aliphatic rings. The van der Waals surface area contributed by atoms with Gasteiger partial charge in [0.2, 0.25) is 0 Å². The van der Waals surface area contributed by atoms with E-state index in [0.29, 0.717) is 6.54 Å². The molecule has 0 aliphatic heterocycles. The quantitative estimate of drug-likeness (QED) is 0.415. The van der Waals surface area contributed by atoms with Gasteiger partial charge in [0.1, 0.15) is 5.56 Å². The summed E-state index contributed by atoms with van der Waals surface area (Å²) in [6.07, 6.45) is -1.13. The third kappa shape index (κ3) is 4.94. The van der Waals surface area contributed by atoms with E-state index in [4.69, 9.17) is 14.2 Å². The summed E-state index contributed by atoms with van der Waals surface area (Å²) < 4.78 is 15.1. The van der Waals surface area contributed by atoms with Gasteiger partial charge in [0.25, 0.3) is 11.6 Å². The second-order valence-corrected chi connectivity index (χ2v) is 6.36. The smallest absolute Gasteiger partial charge is 0.346 e. The molecule has 1 aromatic carbocycles. The maximum atomic E-state index is 12.4. The Morgan fingerprint density at radius 2 is 1.93 bits per heavy atom. The molecule has 2 aromatic rings. The maximum Gasteiger partial charge on any atom is 0.346 e. The van der Waals surface area contributed by atoms with E-state index in [2.05, 4.69) is 5.32 Å². The minimum atomic E-state index is -1.13. The molecule has 1 amide bonds. The number of amides is 1. The maximum absolute atomic E-state index is 12.4. The number of carbonyl (C=O) groups is 2. The molecule has 1 heterocycles. The molecule has 0 spiro atoms. The number of rotatable bonds is 8. The first-order valence-electron chi connectivity index (χ1n) is 7.78. The highest BCUT2D eigenvalue weighted by Gasteiger charge is 2.28. The zero-order valence-electron chi connectivity index (χ0n) is 14.9. The van der Waals surface area contributed by atoms with Gasteiger partial charge in [0.15, 0.2) is 17.6 Å². The van der Waals surface area contributed by atoms with Crippen LogP contribution in [0, 0.1) is 10.1 Å². The number of nitro benzene ring substituents is 1. The fourth-order valence-electron chi connectivity index (χ4n) is 2.19. The summed E-state index contributed by atoms with van der Waals surface area (Å²) in [7, 11) is 2.65. The molecule has 0 saturated heterocycles. The van der Waals surface area contributed by atoms with Crippen LogP contribution in [0.5, 0.6) is 11.5 Å². The van der Waals surface area contributed by atoms with E-state index in [-0.39, 0.29) is 17.1 Å². The second-order valence-electron chi connectivity index (χ2n) is 5.33. The highest BCUT2D eigenvalue weighted by Crippen LogP contribution is 2.34. The van der Waals surface area contributed by atoms with Gasteiger partial charge < -0.3 is 19.5 Å². The summed E-state index contributed by atoms with van der Waals surface area (Å²) in [4.78, 5) is 35.9. The summed E-state index contributed by atoms with van der Waals surface area (Å²) in [6.45, 7) is 1.68. The second kappa shape index (κ2) is 8.99. The van der Waals surface area contributed by atoms with E-state index in [1.54, 1.807) is 0 Å². The summed E-state index contributed by atoms with van der Waals surface area (Å²) in [5.41, 5.74) is -0.848. The molecular weight excluding hydrogens is 376 g/mol. The predicted molar refractivity (Wildman–Crippen MR) is 97.2 cm³/mol. The Kier molecular flexibility index (Phi) is 6.72. The summed E-state index contributed by atoms with van der Waals surface area (Å²) >= 11 is 1.48. The first-order chi connectivity index (χ1) is 12.9. The Balaban J connectivity index is 2.13. The number of methoxy groups -OCH3 is 2. The van der Waals surface area contributed by atoms with Crippen LogP contribution in [0.2, 0.25) is 0 Å². The number of nitro groups is 1. The van der Waals surface area contributed by atoms with Crippen molar-refractivity contribution in [2.24, 2.45) is 0 Å². The van der Waals surface area contributed by atoms with Gasteiger partial charge in [-0.3, -0.25) is 14.9 Å². The molecular formula is C17H18N2O7S. The van der Waals surface area contributed by atoms with E-state index >= 15 is 0 Å². The van der Waals surface area contributed by atoms with Crippen LogP contribution in [0.3, 0.4) is 0 Å². The highest BCUT2D eigenvalue weighted by atomic mass is 32.1. The molecule has 144 valence electrons. The zero-order valence-corrected chi connectivity index (χ0v) is 15.7. The van der Waals surface area contributed by atoms with Gasteiger partial charge in [-0.15, -0.1) is 11.3 Å². The molecule has 1 aromatic heterocycles. The minimum absolute atomic E-state index is 0.0995. The van der Waals surface area contributed by atoms with E-state index in [1.807, 2.05) is 17.5 Å². The van der Waals surface area contributed by atoms with Crippen LogP contribution in [0.25, 0.3) is 0 Å². The number of carbonyl (C=O) groups excluding carboxylic acids is 2. The molecule has 9 nitrogen and oxygen atoms in total.